The van der Waals surface area contributed by atoms with Crippen molar-refractivity contribution in [2.45, 2.75) is 51.4 Å². The maximum absolute atomic E-state index is 12.3. The molecule has 1 aliphatic carbocycles. The predicted molar refractivity (Wildman–Crippen MR) is 95.8 cm³/mol. The van der Waals surface area contributed by atoms with Gasteiger partial charge in [0.15, 0.2) is 0 Å². The van der Waals surface area contributed by atoms with Gasteiger partial charge in [-0.2, -0.15) is 0 Å². The SMILES string of the molecule is O=C(NCCCc1ccncc1)N(CCO)CCC1CCCCC1. The summed E-state index contributed by atoms with van der Waals surface area (Å²) in [5.74, 6) is 0.749. The minimum Gasteiger partial charge on any atom is -0.395 e. The lowest BCUT2D eigenvalue weighted by Crippen LogP contribution is -2.43. The van der Waals surface area contributed by atoms with Crippen LogP contribution in [-0.4, -0.2) is 47.3 Å². The van der Waals surface area contributed by atoms with E-state index >= 15 is 0 Å². The van der Waals surface area contributed by atoms with E-state index in [9.17, 15) is 9.90 Å². The second-order valence-electron chi connectivity index (χ2n) is 6.69. The van der Waals surface area contributed by atoms with Crippen molar-refractivity contribution >= 4 is 6.03 Å². The molecule has 0 radical (unpaired) electrons. The molecule has 5 heteroatoms. The Hall–Kier alpha value is -1.62. The number of nitrogens with zero attached hydrogens (tertiary/aromatic N) is 2. The van der Waals surface area contributed by atoms with Crippen LogP contribution in [0, 0.1) is 5.92 Å². The molecule has 1 saturated carbocycles. The number of aromatic nitrogens is 1. The summed E-state index contributed by atoms with van der Waals surface area (Å²) in [6.07, 6.45) is 13.1. The first-order valence-corrected chi connectivity index (χ1v) is 9.32. The van der Waals surface area contributed by atoms with Crippen LogP contribution in [0.15, 0.2) is 24.5 Å². The third-order valence-corrected chi connectivity index (χ3v) is 4.86. The number of hydrogen-bond donors (Lipinski definition) is 2. The van der Waals surface area contributed by atoms with Crippen molar-refractivity contribution in [1.29, 1.82) is 0 Å². The summed E-state index contributed by atoms with van der Waals surface area (Å²) in [6.45, 7) is 1.85. The van der Waals surface area contributed by atoms with Gasteiger partial charge in [-0.05, 0) is 42.9 Å². The van der Waals surface area contributed by atoms with Gasteiger partial charge < -0.3 is 15.3 Å². The first-order valence-electron chi connectivity index (χ1n) is 9.32. The molecular formula is C19H31N3O2. The van der Waals surface area contributed by atoms with Crippen molar-refractivity contribution in [3.63, 3.8) is 0 Å². The average molecular weight is 333 g/mol. The lowest BCUT2D eigenvalue weighted by Gasteiger charge is -2.27. The van der Waals surface area contributed by atoms with Gasteiger partial charge in [-0.3, -0.25) is 4.98 Å². The number of nitrogens with one attached hydrogen (secondary N) is 1. The Morgan fingerprint density at radius 2 is 1.96 bits per heavy atom. The number of aryl methyl sites for hydroxylation is 1. The quantitative estimate of drug-likeness (QED) is 0.683. The van der Waals surface area contributed by atoms with Gasteiger partial charge in [-0.25, -0.2) is 4.79 Å². The van der Waals surface area contributed by atoms with E-state index in [-0.39, 0.29) is 12.6 Å². The van der Waals surface area contributed by atoms with Crippen molar-refractivity contribution in [2.75, 3.05) is 26.2 Å². The van der Waals surface area contributed by atoms with Crippen molar-refractivity contribution < 1.29 is 9.90 Å². The molecule has 0 aliphatic heterocycles. The summed E-state index contributed by atoms with van der Waals surface area (Å²) in [5, 5.41) is 12.2. The molecule has 1 heterocycles. The largest absolute Gasteiger partial charge is 0.395 e. The highest BCUT2D eigenvalue weighted by Gasteiger charge is 2.17. The fourth-order valence-electron chi connectivity index (χ4n) is 3.40. The van der Waals surface area contributed by atoms with E-state index in [1.165, 1.54) is 37.7 Å². The van der Waals surface area contributed by atoms with E-state index in [0.717, 1.165) is 31.7 Å². The fraction of sp³-hybridized carbons (Fsp3) is 0.684. The molecule has 0 bridgehead atoms. The highest BCUT2D eigenvalue weighted by atomic mass is 16.3. The Morgan fingerprint density at radius 1 is 1.21 bits per heavy atom. The van der Waals surface area contributed by atoms with Crippen LogP contribution in [0.25, 0.3) is 0 Å². The zero-order valence-corrected chi connectivity index (χ0v) is 14.6. The molecule has 134 valence electrons. The summed E-state index contributed by atoms with van der Waals surface area (Å²) in [5.41, 5.74) is 1.24. The van der Waals surface area contributed by atoms with Gasteiger partial charge in [-0.1, -0.05) is 32.1 Å². The highest BCUT2D eigenvalue weighted by molar-refractivity contribution is 5.74. The van der Waals surface area contributed by atoms with Crippen LogP contribution in [0.1, 0.15) is 50.5 Å². The molecule has 1 aliphatic rings. The molecular weight excluding hydrogens is 302 g/mol. The summed E-state index contributed by atoms with van der Waals surface area (Å²) < 4.78 is 0. The van der Waals surface area contributed by atoms with Gasteiger partial charge in [0.25, 0.3) is 0 Å². The normalized spacial score (nSPS) is 15.2. The minimum absolute atomic E-state index is 0.0229. The maximum Gasteiger partial charge on any atom is 0.317 e. The smallest absolute Gasteiger partial charge is 0.317 e. The van der Waals surface area contributed by atoms with E-state index in [2.05, 4.69) is 10.3 Å². The fourth-order valence-corrected chi connectivity index (χ4v) is 3.40. The Labute approximate surface area is 145 Å². The van der Waals surface area contributed by atoms with Crippen molar-refractivity contribution in [2.24, 2.45) is 5.92 Å². The van der Waals surface area contributed by atoms with Gasteiger partial charge in [0.05, 0.1) is 6.61 Å². The number of carbonyl (C=O) groups excluding carboxylic acids is 1. The Morgan fingerprint density at radius 3 is 2.67 bits per heavy atom. The molecule has 0 unspecified atom stereocenters. The number of pyridine rings is 1. The number of urea groups is 1. The van der Waals surface area contributed by atoms with Crippen LogP contribution < -0.4 is 5.32 Å². The molecule has 1 aromatic rings. The van der Waals surface area contributed by atoms with Gasteiger partial charge >= 0.3 is 6.03 Å². The lowest BCUT2D eigenvalue weighted by atomic mass is 9.87. The van der Waals surface area contributed by atoms with Crippen LogP contribution in [0.2, 0.25) is 0 Å². The topological polar surface area (TPSA) is 65.5 Å². The first kappa shape index (κ1) is 18.7. The predicted octanol–water partition coefficient (Wildman–Crippen LogP) is 2.99. The lowest BCUT2D eigenvalue weighted by molar-refractivity contribution is 0.169. The first-order chi connectivity index (χ1) is 11.8. The van der Waals surface area contributed by atoms with Crippen LogP contribution >= 0.6 is 0 Å². The zero-order valence-electron chi connectivity index (χ0n) is 14.6. The van der Waals surface area contributed by atoms with Crippen LogP contribution in [0.4, 0.5) is 4.79 Å². The average Bonchev–Trinajstić information content (AvgIpc) is 2.64. The summed E-state index contributed by atoms with van der Waals surface area (Å²) in [4.78, 5) is 18.1. The number of aliphatic hydroxyl groups excluding tert-OH is 1. The highest BCUT2D eigenvalue weighted by Crippen LogP contribution is 2.26. The second kappa shape index (κ2) is 11.0. The minimum atomic E-state index is -0.0467. The molecule has 1 aromatic heterocycles. The van der Waals surface area contributed by atoms with Crippen LogP contribution in [-0.2, 0) is 6.42 Å². The van der Waals surface area contributed by atoms with E-state index in [1.807, 2.05) is 12.1 Å². The van der Waals surface area contributed by atoms with Crippen molar-refractivity contribution in [3.05, 3.63) is 30.1 Å². The Bertz CT molecular complexity index is 461. The number of carbonyl (C=O) groups is 1. The number of hydrogen-bond acceptors (Lipinski definition) is 3. The van der Waals surface area contributed by atoms with Gasteiger partial charge in [0, 0.05) is 32.0 Å². The maximum atomic E-state index is 12.3. The van der Waals surface area contributed by atoms with Crippen LogP contribution in [0.5, 0.6) is 0 Å². The molecule has 1 fully saturated rings. The van der Waals surface area contributed by atoms with Crippen LogP contribution in [0.3, 0.4) is 0 Å². The van der Waals surface area contributed by atoms with Crippen molar-refractivity contribution in [3.8, 4) is 0 Å². The zero-order chi connectivity index (χ0) is 17.0. The summed E-state index contributed by atoms with van der Waals surface area (Å²) >= 11 is 0. The van der Waals surface area contributed by atoms with E-state index in [4.69, 9.17) is 0 Å². The number of rotatable bonds is 9. The molecule has 0 atom stereocenters. The Balaban J connectivity index is 1.66. The molecule has 24 heavy (non-hydrogen) atoms. The molecule has 5 nitrogen and oxygen atoms in total. The molecule has 2 amide bonds. The van der Waals surface area contributed by atoms with E-state index in [0.29, 0.717) is 13.1 Å². The Kier molecular flexibility index (Phi) is 8.60. The van der Waals surface area contributed by atoms with Crippen molar-refractivity contribution in [1.82, 2.24) is 15.2 Å². The standard InChI is InChI=1S/C19H31N3O2/c23-16-15-22(14-10-17-5-2-1-3-6-17)19(24)21-11-4-7-18-8-12-20-13-9-18/h8-9,12-13,17,23H,1-7,10-11,14-16H2,(H,21,24). The summed E-state index contributed by atoms with van der Waals surface area (Å²) in [6, 6.07) is 3.96. The number of aliphatic hydroxyl groups is 1. The second-order valence-corrected chi connectivity index (χ2v) is 6.69. The molecule has 2 rings (SSSR count). The molecule has 2 N–H and O–H groups in total. The third kappa shape index (κ3) is 6.87. The number of amides is 2. The van der Waals surface area contributed by atoms with Gasteiger partial charge in [0.1, 0.15) is 0 Å². The summed E-state index contributed by atoms with van der Waals surface area (Å²) in [7, 11) is 0. The molecule has 0 spiro atoms. The monoisotopic (exact) mass is 333 g/mol. The van der Waals surface area contributed by atoms with E-state index in [1.54, 1.807) is 17.3 Å². The third-order valence-electron chi connectivity index (χ3n) is 4.86. The molecule has 0 aromatic carbocycles. The van der Waals surface area contributed by atoms with Gasteiger partial charge in [-0.15, -0.1) is 0 Å². The van der Waals surface area contributed by atoms with Gasteiger partial charge in [0.2, 0.25) is 0 Å². The van der Waals surface area contributed by atoms with E-state index < -0.39 is 0 Å². The molecule has 0 saturated heterocycles.